The number of aliphatic carboxylic acids is 1. The fraction of sp³-hybridized carbons (Fsp3) is 0.867. The smallest absolute Gasteiger partial charge is 0.317 e. The van der Waals surface area contributed by atoms with Crippen molar-refractivity contribution in [2.45, 2.75) is 59.0 Å². The Morgan fingerprint density at radius 3 is 2.67 bits per heavy atom. The summed E-state index contributed by atoms with van der Waals surface area (Å²) < 4.78 is 5.27. The number of amides is 2. The number of nitrogens with zero attached hydrogens (tertiary/aromatic N) is 1. The predicted molar refractivity (Wildman–Crippen MR) is 80.2 cm³/mol. The molecule has 0 spiro atoms. The van der Waals surface area contributed by atoms with E-state index in [1.165, 1.54) is 0 Å². The van der Waals surface area contributed by atoms with Gasteiger partial charge in [-0.2, -0.15) is 0 Å². The molecule has 2 N–H and O–H groups in total. The summed E-state index contributed by atoms with van der Waals surface area (Å²) >= 11 is 0. The van der Waals surface area contributed by atoms with E-state index in [9.17, 15) is 14.7 Å². The lowest BCUT2D eigenvalue weighted by Crippen LogP contribution is -2.55. The number of unbranched alkanes of at least 4 members (excludes halogenated alkanes) is 1. The maximum absolute atomic E-state index is 12.5. The monoisotopic (exact) mass is 300 g/mol. The molecule has 1 rings (SSSR count). The molecule has 3 atom stereocenters. The number of carbonyl (C=O) groups is 2. The van der Waals surface area contributed by atoms with Gasteiger partial charge < -0.3 is 20.1 Å². The molecule has 1 heterocycles. The van der Waals surface area contributed by atoms with Crippen LogP contribution >= 0.6 is 0 Å². The molecule has 0 aliphatic carbocycles. The highest BCUT2D eigenvalue weighted by molar-refractivity contribution is 5.79. The fourth-order valence-corrected chi connectivity index (χ4v) is 2.39. The Balaban J connectivity index is 2.74. The molecular weight excluding hydrogens is 272 g/mol. The van der Waals surface area contributed by atoms with Crippen LogP contribution in [0.25, 0.3) is 0 Å². The lowest BCUT2D eigenvalue weighted by atomic mass is 9.85. The number of hydrogen-bond acceptors (Lipinski definition) is 3. The Kier molecular flexibility index (Phi) is 6.45. The highest BCUT2D eigenvalue weighted by Gasteiger charge is 2.47. The minimum Gasteiger partial charge on any atom is -0.481 e. The third-order valence-electron chi connectivity index (χ3n) is 4.38. The molecule has 1 saturated heterocycles. The van der Waals surface area contributed by atoms with Gasteiger partial charge in [0, 0.05) is 12.6 Å². The first kappa shape index (κ1) is 17.8. The van der Waals surface area contributed by atoms with Crippen molar-refractivity contribution in [2.24, 2.45) is 5.41 Å². The van der Waals surface area contributed by atoms with E-state index in [-0.39, 0.29) is 25.3 Å². The molecule has 1 aliphatic rings. The molecule has 0 radical (unpaired) electrons. The number of nitrogens with one attached hydrogen (secondary N) is 1. The van der Waals surface area contributed by atoms with Crippen LogP contribution < -0.4 is 5.32 Å². The first-order chi connectivity index (χ1) is 9.86. The second-order valence-electron chi connectivity index (χ2n) is 6.04. The minimum atomic E-state index is -1.05. The van der Waals surface area contributed by atoms with Gasteiger partial charge in [0.15, 0.2) is 0 Å². The van der Waals surface area contributed by atoms with E-state index >= 15 is 0 Å². The summed E-state index contributed by atoms with van der Waals surface area (Å²) in [5, 5.41) is 12.2. The summed E-state index contributed by atoms with van der Waals surface area (Å²) in [7, 11) is 0. The van der Waals surface area contributed by atoms with Crippen LogP contribution in [0, 0.1) is 5.41 Å². The molecule has 0 aromatic heterocycles. The SMILES string of the molecule is CCCCN(C(=O)NC1COCC1(C)C(=O)O)C(C)CC. The fourth-order valence-electron chi connectivity index (χ4n) is 2.39. The molecule has 122 valence electrons. The van der Waals surface area contributed by atoms with Crippen LogP contribution in [0.15, 0.2) is 0 Å². The maximum Gasteiger partial charge on any atom is 0.317 e. The summed E-state index contributed by atoms with van der Waals surface area (Å²) in [5.74, 6) is -0.936. The summed E-state index contributed by atoms with van der Waals surface area (Å²) in [6, 6.07) is -0.550. The Hall–Kier alpha value is -1.30. The van der Waals surface area contributed by atoms with E-state index < -0.39 is 17.4 Å². The van der Waals surface area contributed by atoms with Gasteiger partial charge in [0.05, 0.1) is 19.3 Å². The Morgan fingerprint density at radius 1 is 1.48 bits per heavy atom. The zero-order valence-corrected chi connectivity index (χ0v) is 13.5. The van der Waals surface area contributed by atoms with E-state index in [2.05, 4.69) is 12.2 Å². The predicted octanol–water partition coefficient (Wildman–Crippen LogP) is 2.09. The van der Waals surface area contributed by atoms with Crippen LogP contribution in [0.4, 0.5) is 4.79 Å². The zero-order valence-electron chi connectivity index (χ0n) is 13.5. The molecule has 1 aliphatic heterocycles. The van der Waals surface area contributed by atoms with E-state index in [0.29, 0.717) is 6.54 Å². The first-order valence-electron chi connectivity index (χ1n) is 7.75. The third kappa shape index (κ3) is 4.09. The highest BCUT2D eigenvalue weighted by Crippen LogP contribution is 2.29. The number of carbonyl (C=O) groups excluding carboxylic acids is 1. The van der Waals surface area contributed by atoms with Gasteiger partial charge in [-0.25, -0.2) is 4.79 Å². The molecule has 6 heteroatoms. The van der Waals surface area contributed by atoms with Crippen LogP contribution in [0.5, 0.6) is 0 Å². The van der Waals surface area contributed by atoms with Crippen LogP contribution in [0.3, 0.4) is 0 Å². The van der Waals surface area contributed by atoms with E-state index in [0.717, 1.165) is 19.3 Å². The number of carboxylic acid groups (broad SMARTS) is 1. The minimum absolute atomic E-state index is 0.131. The van der Waals surface area contributed by atoms with E-state index in [1.807, 2.05) is 13.8 Å². The number of carboxylic acids is 1. The molecular formula is C15H28N2O4. The molecule has 21 heavy (non-hydrogen) atoms. The Labute approximate surface area is 126 Å². The molecule has 0 aromatic rings. The normalized spacial score (nSPS) is 26.4. The Bertz CT molecular complexity index is 375. The number of ether oxygens (including phenoxy) is 1. The number of urea groups is 1. The quantitative estimate of drug-likeness (QED) is 0.754. The average molecular weight is 300 g/mol. The molecule has 6 nitrogen and oxygen atoms in total. The largest absolute Gasteiger partial charge is 0.481 e. The molecule has 3 unspecified atom stereocenters. The van der Waals surface area contributed by atoms with Crippen LogP contribution in [-0.2, 0) is 9.53 Å². The van der Waals surface area contributed by atoms with Gasteiger partial charge in [-0.1, -0.05) is 20.3 Å². The van der Waals surface area contributed by atoms with Crippen LogP contribution in [0.2, 0.25) is 0 Å². The van der Waals surface area contributed by atoms with Crippen LogP contribution in [-0.4, -0.2) is 53.8 Å². The molecule has 0 bridgehead atoms. The lowest BCUT2D eigenvalue weighted by molar-refractivity contribution is -0.148. The van der Waals surface area contributed by atoms with Crippen LogP contribution in [0.1, 0.15) is 47.0 Å². The van der Waals surface area contributed by atoms with Crippen molar-refractivity contribution in [3.8, 4) is 0 Å². The highest BCUT2D eigenvalue weighted by atomic mass is 16.5. The maximum atomic E-state index is 12.5. The number of hydrogen-bond donors (Lipinski definition) is 2. The van der Waals surface area contributed by atoms with Crippen molar-refractivity contribution < 1.29 is 19.4 Å². The average Bonchev–Trinajstić information content (AvgIpc) is 2.81. The lowest BCUT2D eigenvalue weighted by Gasteiger charge is -2.32. The molecule has 0 aromatic carbocycles. The Morgan fingerprint density at radius 2 is 2.14 bits per heavy atom. The summed E-state index contributed by atoms with van der Waals surface area (Å²) in [4.78, 5) is 25.7. The van der Waals surface area contributed by atoms with Crippen molar-refractivity contribution in [1.82, 2.24) is 10.2 Å². The number of rotatable bonds is 7. The van der Waals surface area contributed by atoms with Gasteiger partial charge in [-0.05, 0) is 26.7 Å². The van der Waals surface area contributed by atoms with Crippen molar-refractivity contribution in [2.75, 3.05) is 19.8 Å². The van der Waals surface area contributed by atoms with Crippen molar-refractivity contribution >= 4 is 12.0 Å². The summed E-state index contributed by atoms with van der Waals surface area (Å²) in [6.07, 6.45) is 2.82. The van der Waals surface area contributed by atoms with Gasteiger partial charge >= 0.3 is 12.0 Å². The van der Waals surface area contributed by atoms with E-state index in [1.54, 1.807) is 11.8 Å². The van der Waals surface area contributed by atoms with Gasteiger partial charge in [0.1, 0.15) is 5.41 Å². The summed E-state index contributed by atoms with van der Waals surface area (Å²) in [5.41, 5.74) is -1.05. The molecule has 1 fully saturated rings. The van der Waals surface area contributed by atoms with Gasteiger partial charge in [0.2, 0.25) is 0 Å². The first-order valence-corrected chi connectivity index (χ1v) is 7.75. The molecule has 2 amide bonds. The van der Waals surface area contributed by atoms with Crippen molar-refractivity contribution in [3.63, 3.8) is 0 Å². The second kappa shape index (κ2) is 7.64. The van der Waals surface area contributed by atoms with Crippen molar-refractivity contribution in [3.05, 3.63) is 0 Å². The second-order valence-corrected chi connectivity index (χ2v) is 6.04. The molecule has 0 saturated carbocycles. The zero-order chi connectivity index (χ0) is 16.0. The van der Waals surface area contributed by atoms with Gasteiger partial charge in [0.25, 0.3) is 0 Å². The van der Waals surface area contributed by atoms with Gasteiger partial charge in [-0.3, -0.25) is 4.79 Å². The van der Waals surface area contributed by atoms with Gasteiger partial charge in [-0.15, -0.1) is 0 Å². The van der Waals surface area contributed by atoms with Crippen molar-refractivity contribution in [1.29, 1.82) is 0 Å². The topological polar surface area (TPSA) is 78.9 Å². The summed E-state index contributed by atoms with van der Waals surface area (Å²) in [6.45, 7) is 8.82. The third-order valence-corrected chi connectivity index (χ3v) is 4.38. The van der Waals surface area contributed by atoms with E-state index in [4.69, 9.17) is 4.74 Å². The standard InChI is InChI=1S/C15H28N2O4/c1-5-7-8-17(11(3)6-2)14(20)16-12-9-21-10-15(12,4)13(18)19/h11-12H,5-10H2,1-4H3,(H,16,20)(H,18,19).